The number of aromatic nitrogens is 4. The van der Waals surface area contributed by atoms with Crippen LogP contribution in [0.25, 0.3) is 0 Å². The maximum atomic E-state index is 10.9. The van der Waals surface area contributed by atoms with E-state index in [0.717, 1.165) is 0 Å². The van der Waals surface area contributed by atoms with E-state index >= 15 is 0 Å². The van der Waals surface area contributed by atoms with Gasteiger partial charge in [-0.3, -0.25) is 9.80 Å². The van der Waals surface area contributed by atoms with Gasteiger partial charge in [0.2, 0.25) is 0 Å². The molecule has 7 heteroatoms. The average molecular weight is 233 g/mol. The first-order valence-electron chi connectivity index (χ1n) is 4.98. The molecule has 0 aliphatic carbocycles. The van der Waals surface area contributed by atoms with E-state index in [1.165, 1.54) is 9.80 Å². The molecule has 0 saturated heterocycles. The molecular weight excluding hydrogens is 222 g/mol. The topological polar surface area (TPSA) is 84.1 Å². The molecule has 0 unspecified atom stereocenters. The summed E-state index contributed by atoms with van der Waals surface area (Å²) < 4.78 is 0. The fourth-order valence-electron chi connectivity index (χ4n) is 1.45. The number of benzene rings is 1. The lowest BCUT2D eigenvalue weighted by Crippen LogP contribution is -2.36. The van der Waals surface area contributed by atoms with Crippen molar-refractivity contribution in [2.45, 2.75) is 6.92 Å². The SMILES string of the molecule is Cc1nnnn1N(CC(=O)O)c1ccccc1. The summed E-state index contributed by atoms with van der Waals surface area (Å²) in [5, 5.41) is 21.4. The van der Waals surface area contributed by atoms with Crippen LogP contribution < -0.4 is 5.01 Å². The summed E-state index contributed by atoms with van der Waals surface area (Å²) in [6.07, 6.45) is 0. The predicted octanol–water partition coefficient (Wildman–Crippen LogP) is 0.336. The van der Waals surface area contributed by atoms with Crippen molar-refractivity contribution in [1.82, 2.24) is 20.3 Å². The van der Waals surface area contributed by atoms with E-state index in [1.807, 2.05) is 18.2 Å². The van der Waals surface area contributed by atoms with Crippen LogP contribution in [-0.4, -0.2) is 37.9 Å². The van der Waals surface area contributed by atoms with Crippen molar-refractivity contribution in [3.63, 3.8) is 0 Å². The Morgan fingerprint density at radius 1 is 1.41 bits per heavy atom. The molecule has 88 valence electrons. The summed E-state index contributed by atoms with van der Waals surface area (Å²) in [6.45, 7) is 1.49. The Balaban J connectivity index is 2.39. The van der Waals surface area contributed by atoms with Crippen molar-refractivity contribution in [3.8, 4) is 0 Å². The zero-order chi connectivity index (χ0) is 12.3. The van der Waals surface area contributed by atoms with Gasteiger partial charge < -0.3 is 5.11 Å². The molecule has 0 radical (unpaired) electrons. The van der Waals surface area contributed by atoms with Crippen LogP contribution in [0.1, 0.15) is 5.82 Å². The number of carboxylic acid groups (broad SMARTS) is 1. The third kappa shape index (κ3) is 2.39. The Morgan fingerprint density at radius 3 is 2.65 bits per heavy atom. The molecule has 0 bridgehead atoms. The van der Waals surface area contributed by atoms with Crippen LogP contribution in [0.4, 0.5) is 5.69 Å². The number of aliphatic carboxylic acids is 1. The zero-order valence-corrected chi connectivity index (χ0v) is 9.19. The summed E-state index contributed by atoms with van der Waals surface area (Å²) in [7, 11) is 0. The fraction of sp³-hybridized carbons (Fsp3) is 0.200. The van der Waals surface area contributed by atoms with Crippen LogP contribution in [0.15, 0.2) is 30.3 Å². The Kier molecular flexibility index (Phi) is 2.99. The van der Waals surface area contributed by atoms with E-state index in [-0.39, 0.29) is 6.54 Å². The third-order valence-corrected chi connectivity index (χ3v) is 2.17. The lowest BCUT2D eigenvalue weighted by molar-refractivity contribution is -0.135. The van der Waals surface area contributed by atoms with Crippen molar-refractivity contribution in [2.24, 2.45) is 0 Å². The maximum absolute atomic E-state index is 10.9. The standard InChI is InChI=1S/C10H11N5O2/c1-8-11-12-13-15(8)14(7-10(16)17)9-5-3-2-4-6-9/h2-6H,7H2,1H3,(H,16,17). The molecule has 1 heterocycles. The van der Waals surface area contributed by atoms with Gasteiger partial charge in [-0.1, -0.05) is 18.2 Å². The highest BCUT2D eigenvalue weighted by Crippen LogP contribution is 2.13. The van der Waals surface area contributed by atoms with E-state index in [0.29, 0.717) is 11.5 Å². The average Bonchev–Trinajstić information content (AvgIpc) is 2.73. The van der Waals surface area contributed by atoms with Crippen molar-refractivity contribution < 1.29 is 9.90 Å². The predicted molar refractivity (Wildman–Crippen MR) is 59.4 cm³/mol. The number of anilines is 1. The number of aryl methyl sites for hydroxylation is 1. The van der Waals surface area contributed by atoms with Gasteiger partial charge in [-0.05, 0) is 29.5 Å². The third-order valence-electron chi connectivity index (χ3n) is 2.17. The van der Waals surface area contributed by atoms with Gasteiger partial charge in [0.25, 0.3) is 0 Å². The van der Waals surface area contributed by atoms with Gasteiger partial charge in [-0.15, -0.1) is 9.89 Å². The van der Waals surface area contributed by atoms with E-state index in [9.17, 15) is 4.79 Å². The summed E-state index contributed by atoms with van der Waals surface area (Å²) >= 11 is 0. The van der Waals surface area contributed by atoms with Crippen LogP contribution in [0.5, 0.6) is 0 Å². The van der Waals surface area contributed by atoms with E-state index < -0.39 is 5.97 Å². The largest absolute Gasteiger partial charge is 0.480 e. The van der Waals surface area contributed by atoms with Crippen LogP contribution in [0.3, 0.4) is 0 Å². The first-order valence-corrected chi connectivity index (χ1v) is 4.98. The Bertz CT molecular complexity index is 510. The van der Waals surface area contributed by atoms with Gasteiger partial charge in [-0.25, -0.2) is 0 Å². The number of tetrazole rings is 1. The highest BCUT2D eigenvalue weighted by atomic mass is 16.4. The lowest BCUT2D eigenvalue weighted by atomic mass is 10.3. The molecule has 0 atom stereocenters. The van der Waals surface area contributed by atoms with Crippen molar-refractivity contribution in [2.75, 3.05) is 11.6 Å². The molecular formula is C10H11N5O2. The molecule has 0 fully saturated rings. The second-order valence-corrected chi connectivity index (χ2v) is 3.40. The first-order chi connectivity index (χ1) is 8.18. The number of nitrogens with zero attached hydrogens (tertiary/aromatic N) is 5. The van der Waals surface area contributed by atoms with Crippen LogP contribution in [0, 0.1) is 6.92 Å². The number of para-hydroxylation sites is 1. The Morgan fingerprint density at radius 2 is 2.12 bits per heavy atom. The van der Waals surface area contributed by atoms with Crippen LogP contribution >= 0.6 is 0 Å². The molecule has 1 aromatic carbocycles. The lowest BCUT2D eigenvalue weighted by Gasteiger charge is -2.22. The number of carboxylic acids is 1. The molecule has 1 aromatic heterocycles. The van der Waals surface area contributed by atoms with Crippen LogP contribution in [0.2, 0.25) is 0 Å². The second-order valence-electron chi connectivity index (χ2n) is 3.40. The highest BCUT2D eigenvalue weighted by Gasteiger charge is 2.15. The van der Waals surface area contributed by atoms with Crippen molar-refractivity contribution >= 4 is 11.7 Å². The van der Waals surface area contributed by atoms with Gasteiger partial charge in [0.05, 0.1) is 5.69 Å². The minimum Gasteiger partial charge on any atom is -0.480 e. The first kappa shape index (κ1) is 11.1. The Labute approximate surface area is 97.3 Å². The number of hydrogen-bond donors (Lipinski definition) is 1. The van der Waals surface area contributed by atoms with Crippen molar-refractivity contribution in [3.05, 3.63) is 36.2 Å². The fourth-order valence-corrected chi connectivity index (χ4v) is 1.45. The van der Waals surface area contributed by atoms with Gasteiger partial charge in [-0.2, -0.15) is 0 Å². The van der Waals surface area contributed by atoms with E-state index in [2.05, 4.69) is 15.5 Å². The van der Waals surface area contributed by atoms with Gasteiger partial charge in [0.15, 0.2) is 5.82 Å². The van der Waals surface area contributed by atoms with Gasteiger partial charge in [0, 0.05) is 0 Å². The maximum Gasteiger partial charge on any atom is 0.325 e. The van der Waals surface area contributed by atoms with Gasteiger partial charge in [0.1, 0.15) is 6.54 Å². The molecule has 0 amide bonds. The summed E-state index contributed by atoms with van der Waals surface area (Å²) in [6, 6.07) is 9.09. The molecule has 0 saturated carbocycles. The second kappa shape index (κ2) is 4.60. The molecule has 2 rings (SSSR count). The number of hydrogen-bond acceptors (Lipinski definition) is 5. The molecule has 7 nitrogen and oxygen atoms in total. The summed E-state index contributed by atoms with van der Waals surface area (Å²) in [5.74, 6) is -0.432. The molecule has 17 heavy (non-hydrogen) atoms. The quantitative estimate of drug-likeness (QED) is 0.819. The molecule has 2 aromatic rings. The monoisotopic (exact) mass is 233 g/mol. The van der Waals surface area contributed by atoms with E-state index in [1.54, 1.807) is 19.1 Å². The minimum atomic E-state index is -0.955. The highest BCUT2D eigenvalue weighted by molar-refractivity contribution is 5.73. The molecule has 0 aliphatic heterocycles. The van der Waals surface area contributed by atoms with Crippen LogP contribution in [-0.2, 0) is 4.79 Å². The van der Waals surface area contributed by atoms with Gasteiger partial charge >= 0.3 is 5.97 Å². The number of carbonyl (C=O) groups is 1. The minimum absolute atomic E-state index is 0.212. The smallest absolute Gasteiger partial charge is 0.325 e. The van der Waals surface area contributed by atoms with Crippen molar-refractivity contribution in [1.29, 1.82) is 0 Å². The number of rotatable bonds is 4. The summed E-state index contributed by atoms with van der Waals surface area (Å²) in [4.78, 5) is 12.2. The van der Waals surface area contributed by atoms with E-state index in [4.69, 9.17) is 5.11 Å². The molecule has 0 spiro atoms. The Hall–Kier alpha value is -2.44. The zero-order valence-electron chi connectivity index (χ0n) is 9.19. The molecule has 0 aliphatic rings. The normalized spacial score (nSPS) is 10.2. The summed E-state index contributed by atoms with van der Waals surface area (Å²) in [5.41, 5.74) is 0.713. The molecule has 1 N–H and O–H groups in total.